The number of ether oxygens (including phenoxy) is 1. The van der Waals surface area contributed by atoms with Gasteiger partial charge < -0.3 is 9.64 Å². The van der Waals surface area contributed by atoms with E-state index in [1.54, 1.807) is 18.2 Å². The van der Waals surface area contributed by atoms with Crippen molar-refractivity contribution < 1.29 is 29.3 Å². The van der Waals surface area contributed by atoms with Gasteiger partial charge in [-0.25, -0.2) is 8.78 Å². The summed E-state index contributed by atoms with van der Waals surface area (Å²) < 4.78 is 97.0. The molecule has 0 unspecified atom stereocenters. The first-order valence-corrected chi connectivity index (χ1v) is 9.05. The van der Waals surface area contributed by atoms with Gasteiger partial charge in [-0.1, -0.05) is 12.1 Å². The summed E-state index contributed by atoms with van der Waals surface area (Å²) in [5.74, 6) is -3.38. The molecule has 1 aliphatic heterocycles. The maximum atomic E-state index is 15.3. The van der Waals surface area contributed by atoms with Crippen molar-refractivity contribution in [1.82, 2.24) is 19.7 Å². The molecule has 31 heavy (non-hydrogen) atoms. The van der Waals surface area contributed by atoms with E-state index in [9.17, 15) is 4.79 Å². The second kappa shape index (κ2) is 7.16. The average Bonchev–Trinajstić information content (AvgIpc) is 3.33. The number of fused-ring (bicyclic) bond motifs is 2. The Hall–Kier alpha value is -3.81. The second-order valence-corrected chi connectivity index (χ2v) is 6.90. The lowest BCUT2D eigenvalue weighted by molar-refractivity contribution is 0.0763. The van der Waals surface area contributed by atoms with E-state index in [4.69, 9.17) is 15.7 Å². The van der Waals surface area contributed by atoms with Crippen LogP contribution in [0.1, 0.15) is 32.6 Å². The van der Waals surface area contributed by atoms with Gasteiger partial charge in [0, 0.05) is 28.2 Å². The Morgan fingerprint density at radius 3 is 2.84 bits per heavy atom. The minimum atomic E-state index is -2.83. The number of pyridine rings is 1. The number of aromatic nitrogens is 3. The van der Waals surface area contributed by atoms with Crippen LogP contribution in [0.25, 0.3) is 22.0 Å². The summed E-state index contributed by atoms with van der Waals surface area (Å²) in [5.41, 5.74) is -0.530. The normalized spacial score (nSPS) is 19.4. The maximum Gasteiger partial charge on any atom is 0.256 e. The van der Waals surface area contributed by atoms with Crippen LogP contribution < -0.4 is 4.74 Å². The lowest BCUT2D eigenvalue weighted by atomic mass is 9.99. The molecule has 1 aliphatic rings. The molecular weight excluding hydrogens is 402 g/mol. The molecule has 0 bridgehead atoms. The molecule has 6 nitrogen and oxygen atoms in total. The molecule has 0 saturated heterocycles. The lowest BCUT2D eigenvalue weighted by Gasteiger charge is -2.17. The van der Waals surface area contributed by atoms with Crippen LogP contribution in [-0.2, 0) is 20.0 Å². The van der Waals surface area contributed by atoms with E-state index >= 15 is 8.78 Å². The van der Waals surface area contributed by atoms with Crippen molar-refractivity contribution in [3.05, 3.63) is 77.2 Å². The first kappa shape index (κ1) is 12.1. The fourth-order valence-electron chi connectivity index (χ4n) is 3.55. The zero-order valence-electron chi connectivity index (χ0n) is 23.7. The van der Waals surface area contributed by atoms with Gasteiger partial charge >= 0.3 is 0 Å². The monoisotopic (exact) mass is 428 g/mol. The van der Waals surface area contributed by atoms with Gasteiger partial charge in [-0.15, -0.1) is 0 Å². The number of methoxy groups -OCH3 is 1. The van der Waals surface area contributed by atoms with E-state index in [0.29, 0.717) is 21.4 Å². The molecule has 0 N–H and O–H groups in total. The standard InChI is InChI=1S/C23H18F2N4O2/c1-28-10-17-15(4-3-5-21(17)27-28)13-6-19(24)18(20(25)7-13)11-29-12-22-16(23(29)30)8-14(31-2)9-26-22/h3-10H,11-12H2,1-2H3/i1D3,2D3,12D2. The predicted octanol–water partition coefficient (Wildman–Crippen LogP) is 4.08. The number of hydrogen-bond acceptors (Lipinski definition) is 4. The Labute approximate surface area is 187 Å². The number of halogens is 2. The lowest BCUT2D eigenvalue weighted by Crippen LogP contribution is -2.24. The Bertz CT molecular complexity index is 1610. The first-order chi connectivity index (χ1) is 18.1. The average molecular weight is 428 g/mol. The quantitative estimate of drug-likeness (QED) is 0.492. The number of benzene rings is 2. The summed E-state index contributed by atoms with van der Waals surface area (Å²) in [6.07, 6.45) is 2.21. The maximum absolute atomic E-state index is 15.3. The first-order valence-electron chi connectivity index (χ1n) is 13.0. The van der Waals surface area contributed by atoms with Gasteiger partial charge in [-0.05, 0) is 35.4 Å². The highest BCUT2D eigenvalue weighted by molar-refractivity contribution is 5.98. The van der Waals surface area contributed by atoms with E-state index in [2.05, 4.69) is 10.1 Å². The van der Waals surface area contributed by atoms with Crippen molar-refractivity contribution in [2.75, 3.05) is 7.04 Å². The molecule has 0 saturated carbocycles. The van der Waals surface area contributed by atoms with Gasteiger partial charge in [0.15, 0.2) is 0 Å². The van der Waals surface area contributed by atoms with Crippen LogP contribution in [0, 0.1) is 11.6 Å². The zero-order valence-corrected chi connectivity index (χ0v) is 15.7. The number of amides is 1. The minimum absolute atomic E-state index is 0.0802. The molecule has 0 aliphatic carbocycles. The van der Waals surface area contributed by atoms with Crippen LogP contribution in [0.2, 0.25) is 0 Å². The second-order valence-electron chi connectivity index (χ2n) is 6.90. The molecule has 0 radical (unpaired) electrons. The highest BCUT2D eigenvalue weighted by Gasteiger charge is 2.30. The Morgan fingerprint density at radius 1 is 1.23 bits per heavy atom. The summed E-state index contributed by atoms with van der Waals surface area (Å²) in [7, 11) is -2.83. The highest BCUT2D eigenvalue weighted by atomic mass is 19.1. The number of aryl methyl sites for hydroxylation is 1. The molecule has 5 rings (SSSR count). The van der Waals surface area contributed by atoms with Crippen molar-refractivity contribution >= 4 is 16.8 Å². The van der Waals surface area contributed by atoms with Gasteiger partial charge in [-0.2, -0.15) is 5.10 Å². The van der Waals surface area contributed by atoms with Crippen molar-refractivity contribution in [2.45, 2.75) is 13.0 Å². The van der Waals surface area contributed by atoms with E-state index < -0.39 is 50.2 Å². The molecular formula is C23H18F2N4O2. The Morgan fingerprint density at radius 2 is 2.06 bits per heavy atom. The Kier molecular flexibility index (Phi) is 2.80. The largest absolute Gasteiger partial charge is 0.495 e. The predicted molar refractivity (Wildman–Crippen MR) is 110 cm³/mol. The molecule has 1 amide bonds. The van der Waals surface area contributed by atoms with Gasteiger partial charge in [0.25, 0.3) is 5.91 Å². The van der Waals surface area contributed by atoms with Crippen molar-refractivity contribution in [1.29, 1.82) is 0 Å². The van der Waals surface area contributed by atoms with Gasteiger partial charge in [0.1, 0.15) is 17.4 Å². The van der Waals surface area contributed by atoms with Crippen LogP contribution >= 0.6 is 0 Å². The highest BCUT2D eigenvalue weighted by Crippen LogP contribution is 2.32. The number of carbonyl (C=O) groups excluding carboxylic acids is 1. The van der Waals surface area contributed by atoms with Gasteiger partial charge in [0.05, 0.1) is 49.9 Å². The molecule has 0 spiro atoms. The third kappa shape index (κ3) is 3.20. The van der Waals surface area contributed by atoms with E-state index in [-0.39, 0.29) is 22.6 Å². The van der Waals surface area contributed by atoms with Crippen LogP contribution in [-0.4, -0.2) is 32.6 Å². The molecule has 2 aromatic heterocycles. The van der Waals surface area contributed by atoms with Crippen molar-refractivity contribution in [2.24, 2.45) is 6.98 Å². The molecule has 0 atom stereocenters. The number of rotatable bonds is 4. The van der Waals surface area contributed by atoms with Crippen LogP contribution in [0.4, 0.5) is 8.78 Å². The summed E-state index contributed by atoms with van der Waals surface area (Å²) in [6, 6.07) is 7.69. The van der Waals surface area contributed by atoms with Crippen LogP contribution in [0.5, 0.6) is 5.75 Å². The fraction of sp³-hybridized carbons (Fsp3) is 0.174. The van der Waals surface area contributed by atoms with E-state index in [1.807, 2.05) is 0 Å². The van der Waals surface area contributed by atoms with E-state index in [0.717, 1.165) is 29.1 Å². The molecule has 4 aromatic rings. The van der Waals surface area contributed by atoms with Crippen molar-refractivity contribution in [3.8, 4) is 16.9 Å². The number of hydrogen-bond donors (Lipinski definition) is 0. The summed E-state index contributed by atoms with van der Waals surface area (Å²) in [4.78, 5) is 17.5. The van der Waals surface area contributed by atoms with Crippen LogP contribution in [0.3, 0.4) is 0 Å². The zero-order chi connectivity index (χ0) is 28.5. The summed E-state index contributed by atoms with van der Waals surface area (Å²) in [6.45, 7) is -5.90. The van der Waals surface area contributed by atoms with Gasteiger partial charge in [0.2, 0.25) is 0 Å². The minimum Gasteiger partial charge on any atom is -0.495 e. The fourth-order valence-corrected chi connectivity index (χ4v) is 3.55. The molecule has 0 fully saturated rings. The molecule has 2 aromatic carbocycles. The third-order valence-corrected chi connectivity index (χ3v) is 5.02. The Balaban J connectivity index is 1.49. The molecule has 156 valence electrons. The SMILES string of the molecule is [2H]C([2H])([2H])Oc1cnc2c(c1)C(=O)N(Cc1c(F)cc(-c3cccc4nn(C([2H])([2H])[2H])cc34)cc1F)C2([2H])[2H]. The summed E-state index contributed by atoms with van der Waals surface area (Å²) in [5, 5.41) is 4.36. The smallest absolute Gasteiger partial charge is 0.256 e. The van der Waals surface area contributed by atoms with E-state index in [1.165, 1.54) is 6.20 Å². The third-order valence-electron chi connectivity index (χ3n) is 5.02. The molecule has 3 heterocycles. The van der Waals surface area contributed by atoms with Gasteiger partial charge in [-0.3, -0.25) is 14.5 Å². The molecule has 8 heteroatoms. The number of carbonyl (C=O) groups is 1. The summed E-state index contributed by atoms with van der Waals surface area (Å²) >= 11 is 0. The van der Waals surface area contributed by atoms with Crippen LogP contribution in [0.15, 0.2) is 48.8 Å². The number of nitrogens with zero attached hydrogens (tertiary/aromatic N) is 4. The topological polar surface area (TPSA) is 60.2 Å². The van der Waals surface area contributed by atoms with Crippen molar-refractivity contribution in [3.63, 3.8) is 0 Å².